The summed E-state index contributed by atoms with van der Waals surface area (Å²) in [5.74, 6) is 0.310. The summed E-state index contributed by atoms with van der Waals surface area (Å²) in [6.07, 6.45) is 0. The molecule has 1 heterocycles. The summed E-state index contributed by atoms with van der Waals surface area (Å²) in [6, 6.07) is 9.26. The van der Waals surface area contributed by atoms with Gasteiger partial charge in [0.25, 0.3) is 0 Å². The SMILES string of the molecule is CC(C(=O)c1ccccc1)C1=NC(C)(C)CO1. The van der Waals surface area contributed by atoms with Gasteiger partial charge in [-0.3, -0.25) is 4.79 Å². The van der Waals surface area contributed by atoms with Crippen LogP contribution >= 0.6 is 0 Å². The number of ketones is 1. The third-order valence-corrected chi connectivity index (χ3v) is 2.81. The average molecular weight is 231 g/mol. The Bertz CT molecular complexity index is 449. The zero-order chi connectivity index (χ0) is 12.5. The van der Waals surface area contributed by atoms with Crippen molar-refractivity contribution in [3.8, 4) is 0 Å². The Kier molecular flexibility index (Phi) is 3.01. The number of aliphatic imine (C=N–C) groups is 1. The molecule has 1 aromatic carbocycles. The van der Waals surface area contributed by atoms with Gasteiger partial charge in [0.2, 0.25) is 0 Å². The zero-order valence-corrected chi connectivity index (χ0v) is 10.4. The molecule has 0 aliphatic carbocycles. The van der Waals surface area contributed by atoms with E-state index in [4.69, 9.17) is 4.74 Å². The molecule has 1 aliphatic heterocycles. The highest BCUT2D eigenvalue weighted by Gasteiger charge is 2.32. The van der Waals surface area contributed by atoms with E-state index in [0.717, 1.165) is 0 Å². The molecule has 0 fully saturated rings. The Morgan fingerprint density at radius 1 is 1.35 bits per heavy atom. The van der Waals surface area contributed by atoms with Gasteiger partial charge in [0, 0.05) is 5.56 Å². The van der Waals surface area contributed by atoms with E-state index >= 15 is 0 Å². The van der Waals surface area contributed by atoms with Crippen molar-refractivity contribution in [3.63, 3.8) is 0 Å². The summed E-state index contributed by atoms with van der Waals surface area (Å²) < 4.78 is 5.50. The van der Waals surface area contributed by atoms with E-state index in [-0.39, 0.29) is 17.2 Å². The van der Waals surface area contributed by atoms with Gasteiger partial charge in [-0.25, -0.2) is 4.99 Å². The quantitative estimate of drug-likeness (QED) is 0.750. The normalized spacial score (nSPS) is 19.4. The number of nitrogens with zero attached hydrogens (tertiary/aromatic N) is 1. The summed E-state index contributed by atoms with van der Waals surface area (Å²) >= 11 is 0. The summed E-state index contributed by atoms with van der Waals surface area (Å²) in [4.78, 5) is 16.6. The van der Waals surface area contributed by atoms with Crippen molar-refractivity contribution in [2.75, 3.05) is 6.61 Å². The molecule has 0 bridgehead atoms. The maximum Gasteiger partial charge on any atom is 0.194 e. The molecule has 0 saturated heterocycles. The second kappa shape index (κ2) is 4.32. The largest absolute Gasteiger partial charge is 0.478 e. The van der Waals surface area contributed by atoms with E-state index in [9.17, 15) is 4.79 Å². The smallest absolute Gasteiger partial charge is 0.194 e. The van der Waals surface area contributed by atoms with Crippen LogP contribution in [0.3, 0.4) is 0 Å². The Labute approximate surface area is 102 Å². The second-order valence-electron chi connectivity index (χ2n) is 5.00. The van der Waals surface area contributed by atoms with Gasteiger partial charge in [-0.15, -0.1) is 0 Å². The predicted octanol–water partition coefficient (Wildman–Crippen LogP) is 2.71. The van der Waals surface area contributed by atoms with Crippen LogP contribution in [0.2, 0.25) is 0 Å². The molecule has 1 atom stereocenters. The van der Waals surface area contributed by atoms with Crippen molar-refractivity contribution in [2.24, 2.45) is 10.9 Å². The molecule has 1 aliphatic rings. The van der Waals surface area contributed by atoms with Gasteiger partial charge in [0.1, 0.15) is 6.61 Å². The Morgan fingerprint density at radius 3 is 2.53 bits per heavy atom. The molecule has 90 valence electrons. The lowest BCUT2D eigenvalue weighted by molar-refractivity contribution is 0.0950. The molecule has 0 amide bonds. The first-order valence-electron chi connectivity index (χ1n) is 5.81. The predicted molar refractivity (Wildman–Crippen MR) is 67.4 cm³/mol. The van der Waals surface area contributed by atoms with Gasteiger partial charge in [0.15, 0.2) is 11.7 Å². The minimum atomic E-state index is -0.306. The van der Waals surface area contributed by atoms with Crippen LogP contribution in [-0.4, -0.2) is 23.8 Å². The van der Waals surface area contributed by atoms with Gasteiger partial charge in [0.05, 0.1) is 11.5 Å². The molecule has 17 heavy (non-hydrogen) atoms. The van der Waals surface area contributed by atoms with Crippen LogP contribution in [0.1, 0.15) is 31.1 Å². The van der Waals surface area contributed by atoms with E-state index in [1.165, 1.54) is 0 Å². The van der Waals surface area contributed by atoms with Crippen molar-refractivity contribution in [3.05, 3.63) is 35.9 Å². The topological polar surface area (TPSA) is 38.7 Å². The minimum absolute atomic E-state index is 0.0575. The van der Waals surface area contributed by atoms with Crippen LogP contribution in [-0.2, 0) is 4.74 Å². The van der Waals surface area contributed by atoms with E-state index in [1.54, 1.807) is 0 Å². The molecule has 0 radical (unpaired) electrons. The van der Waals surface area contributed by atoms with Crippen molar-refractivity contribution in [1.82, 2.24) is 0 Å². The van der Waals surface area contributed by atoms with Crippen LogP contribution in [0, 0.1) is 5.92 Å². The standard InChI is InChI=1S/C14H17NO2/c1-10(13-15-14(2,3)9-17-13)12(16)11-7-5-4-6-8-11/h4-8,10H,9H2,1-3H3. The van der Waals surface area contributed by atoms with Crippen LogP contribution in [0.25, 0.3) is 0 Å². The van der Waals surface area contributed by atoms with Crippen molar-refractivity contribution in [1.29, 1.82) is 0 Å². The number of Topliss-reactive ketones (excluding diaryl/α,β-unsaturated/α-hetero) is 1. The van der Waals surface area contributed by atoms with Gasteiger partial charge < -0.3 is 4.74 Å². The highest BCUT2D eigenvalue weighted by Crippen LogP contribution is 2.22. The Hall–Kier alpha value is -1.64. The number of ether oxygens (including phenoxy) is 1. The maximum atomic E-state index is 12.2. The molecular formula is C14H17NO2. The molecule has 1 aromatic rings. The van der Waals surface area contributed by atoms with Gasteiger partial charge >= 0.3 is 0 Å². The zero-order valence-electron chi connectivity index (χ0n) is 10.4. The Balaban J connectivity index is 2.17. The highest BCUT2D eigenvalue weighted by molar-refractivity contribution is 6.10. The summed E-state index contributed by atoms with van der Waals surface area (Å²) in [5.41, 5.74) is 0.497. The molecule has 0 aromatic heterocycles. The maximum absolute atomic E-state index is 12.2. The first-order chi connectivity index (χ1) is 7.99. The fourth-order valence-electron chi connectivity index (χ4n) is 1.80. The summed E-state index contributed by atoms with van der Waals surface area (Å²) in [5, 5.41) is 0. The molecule has 1 unspecified atom stereocenters. The van der Waals surface area contributed by atoms with Crippen LogP contribution in [0.15, 0.2) is 35.3 Å². The first kappa shape index (κ1) is 11.8. The van der Waals surface area contributed by atoms with E-state index in [1.807, 2.05) is 51.1 Å². The number of carbonyl (C=O) groups is 1. The fourth-order valence-corrected chi connectivity index (χ4v) is 1.80. The van der Waals surface area contributed by atoms with Crippen LogP contribution < -0.4 is 0 Å². The van der Waals surface area contributed by atoms with Gasteiger partial charge in [-0.05, 0) is 20.8 Å². The van der Waals surface area contributed by atoms with Crippen LogP contribution in [0.4, 0.5) is 0 Å². The van der Waals surface area contributed by atoms with Gasteiger partial charge in [-0.1, -0.05) is 30.3 Å². The molecule has 0 saturated carbocycles. The van der Waals surface area contributed by atoms with E-state index in [2.05, 4.69) is 4.99 Å². The second-order valence-corrected chi connectivity index (χ2v) is 5.00. The number of hydrogen-bond acceptors (Lipinski definition) is 3. The van der Waals surface area contributed by atoms with Crippen LogP contribution in [0.5, 0.6) is 0 Å². The highest BCUT2D eigenvalue weighted by atomic mass is 16.5. The van der Waals surface area contributed by atoms with Crippen molar-refractivity contribution < 1.29 is 9.53 Å². The lowest BCUT2D eigenvalue weighted by Gasteiger charge is -2.09. The van der Waals surface area contributed by atoms with Gasteiger partial charge in [-0.2, -0.15) is 0 Å². The molecule has 0 N–H and O–H groups in total. The molecular weight excluding hydrogens is 214 g/mol. The number of carbonyl (C=O) groups excluding carboxylic acids is 1. The summed E-state index contributed by atoms with van der Waals surface area (Å²) in [7, 11) is 0. The monoisotopic (exact) mass is 231 g/mol. The first-order valence-corrected chi connectivity index (χ1v) is 5.81. The van der Waals surface area contributed by atoms with E-state index < -0.39 is 0 Å². The number of benzene rings is 1. The lowest BCUT2D eigenvalue weighted by atomic mass is 9.99. The van der Waals surface area contributed by atoms with Crippen molar-refractivity contribution >= 4 is 11.7 Å². The fraction of sp³-hybridized carbons (Fsp3) is 0.429. The third-order valence-electron chi connectivity index (χ3n) is 2.81. The summed E-state index contributed by atoms with van der Waals surface area (Å²) in [6.45, 7) is 6.39. The lowest BCUT2D eigenvalue weighted by Crippen LogP contribution is -2.21. The average Bonchev–Trinajstić information content (AvgIpc) is 2.69. The molecule has 3 heteroatoms. The molecule has 3 nitrogen and oxygen atoms in total. The van der Waals surface area contributed by atoms with Crippen molar-refractivity contribution in [2.45, 2.75) is 26.3 Å². The molecule has 0 spiro atoms. The number of hydrogen-bond donors (Lipinski definition) is 0. The number of rotatable bonds is 3. The molecule has 2 rings (SSSR count). The minimum Gasteiger partial charge on any atom is -0.478 e. The Morgan fingerprint density at radius 2 is 2.00 bits per heavy atom. The van der Waals surface area contributed by atoms with E-state index in [0.29, 0.717) is 18.1 Å². The third kappa shape index (κ3) is 2.54.